The number of ether oxygens (including phenoxy) is 1. The fraction of sp³-hybridized carbons (Fsp3) is 0.533. The number of anilines is 2. The number of nitrogens with zero attached hydrogens (tertiary/aromatic N) is 1. The van der Waals surface area contributed by atoms with E-state index in [0.717, 1.165) is 12.1 Å². The Labute approximate surface area is 115 Å². The maximum Gasteiger partial charge on any atom is 0.229 e. The van der Waals surface area contributed by atoms with Gasteiger partial charge in [0.05, 0.1) is 23.4 Å². The summed E-state index contributed by atoms with van der Waals surface area (Å²) in [5.41, 5.74) is 6.90. The van der Waals surface area contributed by atoms with E-state index in [-0.39, 0.29) is 5.91 Å². The molecule has 0 radical (unpaired) electrons. The minimum atomic E-state index is -0.466. The lowest BCUT2D eigenvalue weighted by Gasteiger charge is -2.28. The number of nitrogen functional groups attached to an aromatic ring is 1. The number of methoxy groups -OCH3 is 1. The van der Waals surface area contributed by atoms with Crippen LogP contribution in [0.4, 0.5) is 11.4 Å². The molecule has 4 nitrogen and oxygen atoms in total. The van der Waals surface area contributed by atoms with Gasteiger partial charge >= 0.3 is 0 Å². The molecule has 19 heavy (non-hydrogen) atoms. The first-order valence-electron chi connectivity index (χ1n) is 6.61. The Kier molecular flexibility index (Phi) is 5.36. The van der Waals surface area contributed by atoms with E-state index in [0.29, 0.717) is 18.7 Å². The quantitative estimate of drug-likeness (QED) is 0.804. The van der Waals surface area contributed by atoms with Gasteiger partial charge in [-0.05, 0) is 32.4 Å². The maximum absolute atomic E-state index is 12.5. The van der Waals surface area contributed by atoms with Gasteiger partial charge in [0.25, 0.3) is 0 Å². The zero-order valence-electron chi connectivity index (χ0n) is 12.3. The number of carbonyl (C=O) groups is 1. The van der Waals surface area contributed by atoms with Crippen molar-refractivity contribution < 1.29 is 9.53 Å². The lowest BCUT2D eigenvalue weighted by molar-refractivity contribution is -0.123. The minimum absolute atomic E-state index is 0.0339. The van der Waals surface area contributed by atoms with Crippen molar-refractivity contribution in [1.82, 2.24) is 0 Å². The number of rotatable bonds is 6. The van der Waals surface area contributed by atoms with E-state index >= 15 is 0 Å². The molecule has 0 saturated heterocycles. The zero-order valence-corrected chi connectivity index (χ0v) is 12.3. The molecule has 4 heteroatoms. The minimum Gasteiger partial charge on any atom is -0.397 e. The van der Waals surface area contributed by atoms with Crippen molar-refractivity contribution in [3.63, 3.8) is 0 Å². The van der Waals surface area contributed by atoms with E-state index < -0.39 is 5.60 Å². The van der Waals surface area contributed by atoms with Crippen LogP contribution in [-0.2, 0) is 9.53 Å². The van der Waals surface area contributed by atoms with Gasteiger partial charge in [-0.1, -0.05) is 19.1 Å². The Bertz CT molecular complexity index is 430. The molecule has 0 aromatic heterocycles. The van der Waals surface area contributed by atoms with E-state index in [4.69, 9.17) is 10.5 Å². The third-order valence-electron chi connectivity index (χ3n) is 3.11. The number of hydrogen-bond acceptors (Lipinski definition) is 3. The highest BCUT2D eigenvalue weighted by atomic mass is 16.5. The molecule has 0 atom stereocenters. The van der Waals surface area contributed by atoms with Gasteiger partial charge in [-0.2, -0.15) is 0 Å². The van der Waals surface area contributed by atoms with Crippen LogP contribution in [0.25, 0.3) is 0 Å². The Morgan fingerprint density at radius 3 is 2.53 bits per heavy atom. The van der Waals surface area contributed by atoms with Gasteiger partial charge in [0.15, 0.2) is 0 Å². The SMILES string of the molecule is CCCN(C(=O)CC(C)(C)OC)c1ccccc1N. The van der Waals surface area contributed by atoms with Gasteiger partial charge in [-0.3, -0.25) is 4.79 Å². The summed E-state index contributed by atoms with van der Waals surface area (Å²) in [5.74, 6) is 0.0339. The summed E-state index contributed by atoms with van der Waals surface area (Å²) in [6.07, 6.45) is 1.21. The molecule has 106 valence electrons. The summed E-state index contributed by atoms with van der Waals surface area (Å²) in [7, 11) is 1.62. The van der Waals surface area contributed by atoms with Crippen molar-refractivity contribution in [2.24, 2.45) is 0 Å². The third-order valence-corrected chi connectivity index (χ3v) is 3.11. The van der Waals surface area contributed by atoms with Gasteiger partial charge < -0.3 is 15.4 Å². The van der Waals surface area contributed by atoms with Gasteiger partial charge in [-0.15, -0.1) is 0 Å². The van der Waals surface area contributed by atoms with Crippen molar-refractivity contribution in [2.75, 3.05) is 24.3 Å². The largest absolute Gasteiger partial charge is 0.397 e. The van der Waals surface area contributed by atoms with Crippen LogP contribution in [-0.4, -0.2) is 25.2 Å². The molecule has 1 rings (SSSR count). The van der Waals surface area contributed by atoms with Gasteiger partial charge in [0.2, 0.25) is 5.91 Å². The molecule has 0 aliphatic carbocycles. The maximum atomic E-state index is 12.5. The van der Waals surface area contributed by atoms with Crippen molar-refractivity contribution in [1.29, 1.82) is 0 Å². The van der Waals surface area contributed by atoms with Crippen LogP contribution >= 0.6 is 0 Å². The third kappa shape index (κ3) is 4.24. The van der Waals surface area contributed by atoms with Crippen LogP contribution < -0.4 is 10.6 Å². The van der Waals surface area contributed by atoms with E-state index in [1.165, 1.54) is 0 Å². The van der Waals surface area contributed by atoms with Crippen LogP contribution in [0, 0.1) is 0 Å². The van der Waals surface area contributed by atoms with E-state index in [1.54, 1.807) is 12.0 Å². The van der Waals surface area contributed by atoms with E-state index in [9.17, 15) is 4.79 Å². The topological polar surface area (TPSA) is 55.6 Å². The van der Waals surface area contributed by atoms with Gasteiger partial charge in [0.1, 0.15) is 0 Å². The number of nitrogens with two attached hydrogens (primary N) is 1. The predicted octanol–water partition coefficient (Wildman–Crippen LogP) is 2.83. The summed E-state index contributed by atoms with van der Waals surface area (Å²) in [4.78, 5) is 14.2. The lowest BCUT2D eigenvalue weighted by atomic mass is 10.0. The molecule has 0 bridgehead atoms. The second-order valence-corrected chi connectivity index (χ2v) is 5.24. The molecule has 0 heterocycles. The van der Waals surface area contributed by atoms with Crippen LogP contribution in [0.3, 0.4) is 0 Å². The Balaban J connectivity index is 2.95. The Morgan fingerprint density at radius 2 is 2.00 bits per heavy atom. The molecule has 1 aromatic carbocycles. The molecular weight excluding hydrogens is 240 g/mol. The first-order chi connectivity index (χ1) is 8.91. The second kappa shape index (κ2) is 6.57. The highest BCUT2D eigenvalue weighted by molar-refractivity contribution is 5.96. The molecule has 0 aliphatic heterocycles. The molecule has 0 unspecified atom stereocenters. The number of hydrogen-bond donors (Lipinski definition) is 1. The van der Waals surface area contributed by atoms with Crippen molar-refractivity contribution >= 4 is 17.3 Å². The summed E-state index contributed by atoms with van der Waals surface area (Å²) >= 11 is 0. The lowest BCUT2D eigenvalue weighted by Crippen LogP contribution is -2.38. The van der Waals surface area contributed by atoms with Crippen molar-refractivity contribution in [2.45, 2.75) is 39.2 Å². The summed E-state index contributed by atoms with van der Waals surface area (Å²) in [6.45, 7) is 6.51. The fourth-order valence-corrected chi connectivity index (χ4v) is 1.87. The summed E-state index contributed by atoms with van der Waals surface area (Å²) < 4.78 is 5.32. The average Bonchev–Trinajstić information content (AvgIpc) is 2.36. The second-order valence-electron chi connectivity index (χ2n) is 5.24. The molecule has 0 aliphatic rings. The molecular formula is C15H24N2O2. The zero-order chi connectivity index (χ0) is 14.5. The fourth-order valence-electron chi connectivity index (χ4n) is 1.87. The Hall–Kier alpha value is -1.55. The normalized spacial score (nSPS) is 11.4. The van der Waals surface area contributed by atoms with Gasteiger partial charge in [0, 0.05) is 13.7 Å². The molecule has 1 amide bonds. The standard InChI is InChI=1S/C15H24N2O2/c1-5-10-17(13-9-7-6-8-12(13)16)14(18)11-15(2,3)19-4/h6-9H,5,10-11,16H2,1-4H3. The number of para-hydroxylation sites is 2. The van der Waals surface area contributed by atoms with Crippen LogP contribution in [0.15, 0.2) is 24.3 Å². The van der Waals surface area contributed by atoms with Crippen LogP contribution in [0.2, 0.25) is 0 Å². The predicted molar refractivity (Wildman–Crippen MR) is 79.2 cm³/mol. The van der Waals surface area contributed by atoms with E-state index in [1.807, 2.05) is 45.0 Å². The van der Waals surface area contributed by atoms with Gasteiger partial charge in [-0.25, -0.2) is 0 Å². The first-order valence-corrected chi connectivity index (χ1v) is 6.61. The number of amides is 1. The van der Waals surface area contributed by atoms with Crippen molar-refractivity contribution in [3.8, 4) is 0 Å². The number of benzene rings is 1. The summed E-state index contributed by atoms with van der Waals surface area (Å²) in [6, 6.07) is 7.45. The summed E-state index contributed by atoms with van der Waals surface area (Å²) in [5, 5.41) is 0. The van der Waals surface area contributed by atoms with Crippen molar-refractivity contribution in [3.05, 3.63) is 24.3 Å². The first kappa shape index (κ1) is 15.5. The monoisotopic (exact) mass is 264 g/mol. The Morgan fingerprint density at radius 1 is 1.37 bits per heavy atom. The average molecular weight is 264 g/mol. The highest BCUT2D eigenvalue weighted by Gasteiger charge is 2.26. The number of carbonyl (C=O) groups excluding carboxylic acids is 1. The molecule has 0 fully saturated rings. The van der Waals surface area contributed by atoms with E-state index in [2.05, 4.69) is 0 Å². The molecule has 0 spiro atoms. The molecule has 1 aromatic rings. The molecule has 2 N–H and O–H groups in total. The van der Waals surface area contributed by atoms with Crippen LogP contribution in [0.1, 0.15) is 33.6 Å². The smallest absolute Gasteiger partial charge is 0.229 e. The molecule has 0 saturated carbocycles. The highest BCUT2D eigenvalue weighted by Crippen LogP contribution is 2.25. The van der Waals surface area contributed by atoms with Crippen LogP contribution in [0.5, 0.6) is 0 Å².